The van der Waals surface area contributed by atoms with Crippen LogP contribution in [0, 0.1) is 34.5 Å². The Labute approximate surface area is 187 Å². The van der Waals surface area contributed by atoms with Gasteiger partial charge in [0.2, 0.25) is 0 Å². The molecule has 1 unspecified atom stereocenters. The van der Waals surface area contributed by atoms with Crippen molar-refractivity contribution in [2.75, 3.05) is 20.3 Å². The Balaban J connectivity index is 1.37. The topological polar surface area (TPSA) is 40.0 Å². The summed E-state index contributed by atoms with van der Waals surface area (Å²) >= 11 is 0. The molecule has 1 fully saturated rings. The second-order valence-corrected chi connectivity index (χ2v) is 11.2. The molecule has 4 aliphatic carbocycles. The summed E-state index contributed by atoms with van der Waals surface area (Å²) in [6, 6.07) is 0. The molecule has 170 valence electrons. The van der Waals surface area contributed by atoms with E-state index in [1.807, 2.05) is 0 Å². The highest BCUT2D eigenvalue weighted by Crippen LogP contribution is 2.64. The van der Waals surface area contributed by atoms with Gasteiger partial charge in [0.25, 0.3) is 6.41 Å². The number of hydrogen-bond donors (Lipinski definition) is 0. The molecule has 0 bridgehead atoms. The lowest BCUT2D eigenvalue weighted by Gasteiger charge is -2.56. The molecule has 0 radical (unpaired) electrons. The molecule has 5 aliphatic rings. The van der Waals surface area contributed by atoms with Gasteiger partial charge in [0.15, 0.2) is 0 Å². The van der Waals surface area contributed by atoms with Crippen molar-refractivity contribution in [1.82, 2.24) is 0 Å². The van der Waals surface area contributed by atoms with Crippen LogP contribution in [0.25, 0.3) is 0 Å². The van der Waals surface area contributed by atoms with Crippen molar-refractivity contribution in [3.05, 3.63) is 35.1 Å². The molecule has 0 saturated heterocycles. The number of allylic oxidation sites excluding steroid dienone is 5. The SMILES string of the molecule is COC1N=C(C2=CC[C@H]3[C@@H]4CC=C5C=C(OCC(C)C)CC[C@]5(C)[C@H]4CC[C@]23C)CO1. The third-order valence-electron chi connectivity index (χ3n) is 9.05. The molecule has 0 aromatic rings. The highest BCUT2D eigenvalue weighted by atomic mass is 16.7. The van der Waals surface area contributed by atoms with Gasteiger partial charge in [-0.25, -0.2) is 4.99 Å². The predicted octanol–water partition coefficient (Wildman–Crippen LogP) is 6.05. The Hall–Kier alpha value is -1.39. The van der Waals surface area contributed by atoms with E-state index in [1.165, 1.54) is 43.4 Å². The lowest BCUT2D eigenvalue weighted by atomic mass is 9.48. The van der Waals surface area contributed by atoms with Crippen molar-refractivity contribution in [2.24, 2.45) is 39.5 Å². The summed E-state index contributed by atoms with van der Waals surface area (Å²) in [5.41, 5.74) is 4.64. The highest BCUT2D eigenvalue weighted by molar-refractivity contribution is 6.03. The maximum Gasteiger partial charge on any atom is 0.258 e. The van der Waals surface area contributed by atoms with Gasteiger partial charge in [0, 0.05) is 13.5 Å². The van der Waals surface area contributed by atoms with Crippen LogP contribution >= 0.6 is 0 Å². The highest BCUT2D eigenvalue weighted by Gasteiger charge is 2.57. The number of nitrogens with zero attached hydrogens (tertiary/aromatic N) is 1. The van der Waals surface area contributed by atoms with Gasteiger partial charge in [0.05, 0.1) is 24.7 Å². The first-order chi connectivity index (χ1) is 14.8. The Morgan fingerprint density at radius 2 is 1.97 bits per heavy atom. The molecule has 0 amide bonds. The van der Waals surface area contributed by atoms with Crippen LogP contribution < -0.4 is 0 Å². The normalized spacial score (nSPS) is 41.6. The molecular formula is C27H39NO3. The smallest absolute Gasteiger partial charge is 0.258 e. The Bertz CT molecular complexity index is 853. The summed E-state index contributed by atoms with van der Waals surface area (Å²) in [5.74, 6) is 4.02. The molecule has 5 rings (SSSR count). The van der Waals surface area contributed by atoms with E-state index in [0.29, 0.717) is 23.9 Å². The number of fused-ring (bicyclic) bond motifs is 5. The third kappa shape index (κ3) is 3.45. The van der Waals surface area contributed by atoms with Crippen molar-refractivity contribution in [3.63, 3.8) is 0 Å². The second-order valence-electron chi connectivity index (χ2n) is 11.2. The summed E-state index contributed by atoms with van der Waals surface area (Å²) in [5, 5.41) is 0. The van der Waals surface area contributed by atoms with Crippen LogP contribution in [0.1, 0.15) is 66.2 Å². The second kappa shape index (κ2) is 7.88. The fourth-order valence-corrected chi connectivity index (χ4v) is 7.32. The van der Waals surface area contributed by atoms with Crippen LogP contribution in [0.15, 0.2) is 40.1 Å². The van der Waals surface area contributed by atoms with E-state index in [2.05, 4.69) is 45.9 Å². The van der Waals surface area contributed by atoms with Crippen molar-refractivity contribution in [2.45, 2.75) is 72.6 Å². The zero-order chi connectivity index (χ0) is 21.8. The Kier molecular flexibility index (Phi) is 5.45. The summed E-state index contributed by atoms with van der Waals surface area (Å²) in [6.45, 7) is 10.9. The van der Waals surface area contributed by atoms with E-state index in [1.54, 1.807) is 12.7 Å². The first-order valence-corrected chi connectivity index (χ1v) is 12.3. The Morgan fingerprint density at radius 1 is 1.13 bits per heavy atom. The van der Waals surface area contributed by atoms with Gasteiger partial charge in [-0.3, -0.25) is 0 Å². The van der Waals surface area contributed by atoms with Gasteiger partial charge in [-0.2, -0.15) is 0 Å². The fourth-order valence-electron chi connectivity index (χ4n) is 7.32. The molecule has 4 heteroatoms. The molecule has 4 nitrogen and oxygen atoms in total. The largest absolute Gasteiger partial charge is 0.498 e. The first kappa shape index (κ1) is 21.5. The molecular weight excluding hydrogens is 386 g/mol. The van der Waals surface area contributed by atoms with E-state index >= 15 is 0 Å². The van der Waals surface area contributed by atoms with Crippen LogP contribution in [0.4, 0.5) is 0 Å². The van der Waals surface area contributed by atoms with Crippen molar-refractivity contribution >= 4 is 5.71 Å². The Morgan fingerprint density at radius 3 is 2.71 bits per heavy atom. The number of hydrogen-bond acceptors (Lipinski definition) is 4. The van der Waals surface area contributed by atoms with Crippen molar-refractivity contribution in [1.29, 1.82) is 0 Å². The molecule has 0 aromatic carbocycles. The van der Waals surface area contributed by atoms with Crippen LogP contribution in [0.5, 0.6) is 0 Å². The number of rotatable bonds is 5. The molecule has 31 heavy (non-hydrogen) atoms. The average Bonchev–Trinajstić information content (AvgIpc) is 3.35. The van der Waals surface area contributed by atoms with Crippen molar-refractivity contribution in [3.8, 4) is 0 Å². The molecule has 0 N–H and O–H groups in total. The molecule has 0 aromatic heterocycles. The molecule has 1 heterocycles. The molecule has 6 atom stereocenters. The van der Waals surface area contributed by atoms with E-state index < -0.39 is 6.41 Å². The first-order valence-electron chi connectivity index (χ1n) is 12.3. The maximum absolute atomic E-state index is 6.13. The van der Waals surface area contributed by atoms with Gasteiger partial charge in [-0.05, 0) is 83.8 Å². The maximum atomic E-state index is 6.13. The third-order valence-corrected chi connectivity index (χ3v) is 9.05. The van der Waals surface area contributed by atoms with Crippen LogP contribution in [0.3, 0.4) is 0 Å². The number of methoxy groups -OCH3 is 1. The summed E-state index contributed by atoms with van der Waals surface area (Å²) < 4.78 is 17.1. The van der Waals surface area contributed by atoms with Crippen LogP contribution in [-0.4, -0.2) is 32.4 Å². The minimum absolute atomic E-state index is 0.226. The lowest BCUT2D eigenvalue weighted by Crippen LogP contribution is -2.49. The monoisotopic (exact) mass is 425 g/mol. The zero-order valence-corrected chi connectivity index (χ0v) is 19.9. The van der Waals surface area contributed by atoms with Gasteiger partial charge in [0.1, 0.15) is 0 Å². The van der Waals surface area contributed by atoms with Crippen LogP contribution in [0.2, 0.25) is 0 Å². The quantitative estimate of drug-likeness (QED) is 0.538. The minimum Gasteiger partial charge on any atom is -0.498 e. The van der Waals surface area contributed by atoms with Crippen molar-refractivity contribution < 1.29 is 14.2 Å². The average molecular weight is 426 g/mol. The van der Waals surface area contributed by atoms with Gasteiger partial charge >= 0.3 is 0 Å². The van der Waals surface area contributed by atoms with Gasteiger partial charge < -0.3 is 14.2 Å². The molecule has 0 spiro atoms. The van der Waals surface area contributed by atoms with Gasteiger partial charge in [-0.1, -0.05) is 39.8 Å². The molecule has 1 aliphatic heterocycles. The standard InChI is InChI=1S/C27H39NO3/c1-17(2)15-30-19-10-12-26(3)18(14-19)6-7-20-21-8-9-23(24-16-31-25(28-24)29-5)27(21,4)13-11-22(20)26/h6,9,14,17,20-22,25H,7-8,10-13,15-16H2,1-5H3/t20-,21-,22-,25?,26-,27-/m0/s1. The van der Waals surface area contributed by atoms with Gasteiger partial charge in [-0.15, -0.1) is 0 Å². The van der Waals surface area contributed by atoms with E-state index in [-0.39, 0.29) is 5.41 Å². The number of ether oxygens (including phenoxy) is 3. The van der Waals surface area contributed by atoms with E-state index in [9.17, 15) is 0 Å². The number of aliphatic imine (C=N–C) groups is 1. The van der Waals surface area contributed by atoms with E-state index in [0.717, 1.165) is 30.6 Å². The summed E-state index contributed by atoms with van der Waals surface area (Å²) in [6.07, 6.45) is 14.3. The van der Waals surface area contributed by atoms with E-state index in [4.69, 9.17) is 19.2 Å². The predicted molar refractivity (Wildman–Crippen MR) is 124 cm³/mol. The minimum atomic E-state index is -0.421. The van der Waals surface area contributed by atoms with Crippen LogP contribution in [-0.2, 0) is 14.2 Å². The molecule has 1 saturated carbocycles. The fraction of sp³-hybridized carbons (Fsp3) is 0.741. The zero-order valence-electron chi connectivity index (χ0n) is 19.9. The lowest BCUT2D eigenvalue weighted by molar-refractivity contribution is -0.0915. The summed E-state index contributed by atoms with van der Waals surface area (Å²) in [7, 11) is 1.67. The summed E-state index contributed by atoms with van der Waals surface area (Å²) in [4.78, 5) is 4.72.